The Morgan fingerprint density at radius 3 is 2.11 bits per heavy atom. The van der Waals surface area contributed by atoms with Gasteiger partial charge in [-0.05, 0) is 83.7 Å². The molecule has 4 aliphatic carbocycles. The van der Waals surface area contributed by atoms with Gasteiger partial charge in [-0.3, -0.25) is 0 Å². The Balaban J connectivity index is 1.64. The molecule has 0 unspecified atom stereocenters. The Bertz CT molecular complexity index is 1040. The highest BCUT2D eigenvalue weighted by Gasteiger charge is 2.57. The van der Waals surface area contributed by atoms with Gasteiger partial charge in [0, 0.05) is 10.6 Å². The summed E-state index contributed by atoms with van der Waals surface area (Å²) < 4.78 is 0. The number of rotatable bonds is 2. The number of hydrogen-bond acceptors (Lipinski definition) is 1. The molecule has 0 aliphatic heterocycles. The summed E-state index contributed by atoms with van der Waals surface area (Å²) in [6.45, 7) is 0. The second kappa shape index (κ2) is 6.08. The van der Waals surface area contributed by atoms with E-state index in [0.29, 0.717) is 11.8 Å². The van der Waals surface area contributed by atoms with Crippen LogP contribution in [0.4, 0.5) is 0 Å². The lowest BCUT2D eigenvalue weighted by Crippen LogP contribution is -2.55. The Morgan fingerprint density at radius 1 is 0.750 bits per heavy atom. The third-order valence-corrected chi connectivity index (χ3v) is 8.22. The van der Waals surface area contributed by atoms with E-state index in [4.69, 9.17) is 11.6 Å². The van der Waals surface area contributed by atoms with Crippen molar-refractivity contribution in [1.29, 1.82) is 0 Å². The molecule has 4 bridgehead atoms. The fraction of sp³-hybridized carbons (Fsp3) is 0.385. The third-order valence-electron chi connectivity index (χ3n) is 7.89. The minimum absolute atomic E-state index is 0.381. The van der Waals surface area contributed by atoms with Crippen molar-refractivity contribution in [3.05, 3.63) is 71.2 Å². The predicted molar refractivity (Wildman–Crippen MR) is 115 cm³/mol. The van der Waals surface area contributed by atoms with Gasteiger partial charge in [0.15, 0.2) is 0 Å². The van der Waals surface area contributed by atoms with E-state index in [1.54, 1.807) is 0 Å². The maximum atomic E-state index is 12.3. The molecule has 0 spiro atoms. The summed E-state index contributed by atoms with van der Waals surface area (Å²) in [5.74, 6) is 2.41. The zero-order valence-electron chi connectivity index (χ0n) is 15.9. The van der Waals surface area contributed by atoms with Gasteiger partial charge in [0.2, 0.25) is 0 Å². The van der Waals surface area contributed by atoms with E-state index in [0.717, 1.165) is 33.5 Å². The highest BCUT2D eigenvalue weighted by molar-refractivity contribution is 6.33. The first kappa shape index (κ1) is 17.1. The molecule has 28 heavy (non-hydrogen) atoms. The fourth-order valence-corrected chi connectivity index (χ4v) is 7.13. The number of aliphatic hydroxyl groups is 1. The van der Waals surface area contributed by atoms with Gasteiger partial charge in [-0.2, -0.15) is 0 Å². The van der Waals surface area contributed by atoms with Crippen LogP contribution >= 0.6 is 11.6 Å². The van der Waals surface area contributed by atoms with Gasteiger partial charge in [0.1, 0.15) is 0 Å². The van der Waals surface area contributed by atoms with E-state index in [1.807, 2.05) is 18.2 Å². The third kappa shape index (κ3) is 2.30. The predicted octanol–water partition coefficient (Wildman–Crippen LogP) is 6.80. The Labute approximate surface area is 171 Å². The number of benzene rings is 3. The van der Waals surface area contributed by atoms with Crippen LogP contribution in [-0.4, -0.2) is 5.11 Å². The molecule has 0 aromatic heterocycles. The molecule has 0 heterocycles. The summed E-state index contributed by atoms with van der Waals surface area (Å²) in [7, 11) is 0. The maximum absolute atomic E-state index is 12.3. The van der Waals surface area contributed by atoms with Crippen LogP contribution in [-0.2, 0) is 5.60 Å². The zero-order valence-corrected chi connectivity index (χ0v) is 16.7. The van der Waals surface area contributed by atoms with Crippen molar-refractivity contribution in [1.82, 2.24) is 0 Å². The van der Waals surface area contributed by atoms with Crippen molar-refractivity contribution >= 4 is 22.4 Å². The Hall–Kier alpha value is -1.83. The van der Waals surface area contributed by atoms with Gasteiger partial charge >= 0.3 is 0 Å². The fourth-order valence-electron chi connectivity index (χ4n) is 6.90. The van der Waals surface area contributed by atoms with Crippen LogP contribution in [0.25, 0.3) is 21.9 Å². The summed E-state index contributed by atoms with van der Waals surface area (Å²) in [4.78, 5) is 0. The van der Waals surface area contributed by atoms with Gasteiger partial charge in [-0.1, -0.05) is 66.2 Å². The van der Waals surface area contributed by atoms with E-state index >= 15 is 0 Å². The van der Waals surface area contributed by atoms with Crippen molar-refractivity contribution < 1.29 is 5.11 Å². The van der Waals surface area contributed by atoms with E-state index < -0.39 is 5.60 Å². The summed E-state index contributed by atoms with van der Waals surface area (Å²) in [6.07, 6.45) is 6.10. The first-order valence-corrected chi connectivity index (χ1v) is 11.0. The molecule has 7 rings (SSSR count). The van der Waals surface area contributed by atoms with Crippen molar-refractivity contribution in [2.75, 3.05) is 0 Å². The van der Waals surface area contributed by atoms with Crippen molar-refractivity contribution in [3.8, 4) is 11.1 Å². The molecule has 1 N–H and O–H groups in total. The van der Waals surface area contributed by atoms with Gasteiger partial charge in [-0.15, -0.1) is 0 Å². The second-order valence-electron chi connectivity index (χ2n) is 9.32. The van der Waals surface area contributed by atoms with Crippen molar-refractivity contribution in [2.24, 2.45) is 23.7 Å². The average Bonchev–Trinajstić information content (AvgIpc) is 2.71. The quantitative estimate of drug-likeness (QED) is 0.511. The van der Waals surface area contributed by atoms with Crippen molar-refractivity contribution in [2.45, 2.75) is 37.7 Å². The van der Waals surface area contributed by atoms with Crippen LogP contribution in [0.3, 0.4) is 0 Å². The number of fused-ring (bicyclic) bond motifs is 1. The lowest BCUT2D eigenvalue weighted by Gasteiger charge is -2.59. The van der Waals surface area contributed by atoms with Gasteiger partial charge in [0.25, 0.3) is 0 Å². The van der Waals surface area contributed by atoms with Gasteiger partial charge in [-0.25, -0.2) is 0 Å². The lowest BCUT2D eigenvalue weighted by atomic mass is 9.48. The van der Waals surface area contributed by atoms with Crippen LogP contribution in [0.5, 0.6) is 0 Å². The molecule has 4 fully saturated rings. The molecule has 142 valence electrons. The molecule has 0 atom stereocenters. The number of halogens is 1. The highest BCUT2D eigenvalue weighted by Crippen LogP contribution is 2.63. The molecule has 4 aliphatic rings. The molecule has 0 radical (unpaired) electrons. The van der Waals surface area contributed by atoms with E-state index in [1.165, 1.54) is 42.9 Å². The largest absolute Gasteiger partial charge is 0.385 e. The highest BCUT2D eigenvalue weighted by atomic mass is 35.5. The Kier molecular flexibility index (Phi) is 3.71. The molecular formula is C26H25ClO. The molecular weight excluding hydrogens is 364 g/mol. The standard InChI is InChI=1S/C26H25ClO/c27-24-8-4-3-7-22(24)25-21-6-2-1-5-18(21)9-10-23(25)26(28)19-12-16-11-17(14-19)15-20(26)13-16/h1-10,16-17,19-20,28H,11-15H2. The smallest absolute Gasteiger partial charge is 0.0959 e. The first-order chi connectivity index (χ1) is 13.6. The van der Waals surface area contributed by atoms with E-state index in [2.05, 4.69) is 42.5 Å². The van der Waals surface area contributed by atoms with E-state index in [-0.39, 0.29) is 0 Å². The van der Waals surface area contributed by atoms with Crippen LogP contribution < -0.4 is 0 Å². The van der Waals surface area contributed by atoms with Crippen LogP contribution in [0.1, 0.15) is 37.7 Å². The zero-order chi connectivity index (χ0) is 18.9. The molecule has 1 nitrogen and oxygen atoms in total. The first-order valence-electron chi connectivity index (χ1n) is 10.6. The molecule has 3 aromatic carbocycles. The molecule has 4 saturated carbocycles. The summed E-state index contributed by atoms with van der Waals surface area (Å²) in [6, 6.07) is 21.0. The molecule has 0 saturated heterocycles. The van der Waals surface area contributed by atoms with E-state index in [9.17, 15) is 5.11 Å². The van der Waals surface area contributed by atoms with Gasteiger partial charge < -0.3 is 5.11 Å². The van der Waals surface area contributed by atoms with Gasteiger partial charge in [0.05, 0.1) is 5.60 Å². The van der Waals surface area contributed by atoms with Crippen LogP contribution in [0.2, 0.25) is 5.02 Å². The lowest BCUT2D eigenvalue weighted by molar-refractivity contribution is -0.179. The minimum atomic E-state index is -0.730. The Morgan fingerprint density at radius 2 is 1.39 bits per heavy atom. The summed E-state index contributed by atoms with van der Waals surface area (Å²) >= 11 is 6.68. The maximum Gasteiger partial charge on any atom is 0.0959 e. The SMILES string of the molecule is OC1(c2ccc3ccccc3c2-c2ccccc2Cl)C2CC3CC(C2)CC1C3. The normalized spacial score (nSPS) is 33.5. The minimum Gasteiger partial charge on any atom is -0.385 e. The average molecular weight is 389 g/mol. The topological polar surface area (TPSA) is 20.2 Å². The van der Waals surface area contributed by atoms with Crippen LogP contribution in [0, 0.1) is 23.7 Å². The number of hydrogen-bond donors (Lipinski definition) is 1. The summed E-state index contributed by atoms with van der Waals surface area (Å²) in [5.41, 5.74) is 2.55. The molecule has 0 amide bonds. The van der Waals surface area contributed by atoms with Crippen molar-refractivity contribution in [3.63, 3.8) is 0 Å². The van der Waals surface area contributed by atoms with Crippen LogP contribution in [0.15, 0.2) is 60.7 Å². The monoisotopic (exact) mass is 388 g/mol. The summed E-state index contributed by atoms with van der Waals surface area (Å²) in [5, 5.41) is 15.5. The molecule has 3 aromatic rings. The second-order valence-corrected chi connectivity index (χ2v) is 9.73. The molecule has 2 heteroatoms.